The van der Waals surface area contributed by atoms with Gasteiger partial charge in [0.1, 0.15) is 5.04 Å². The van der Waals surface area contributed by atoms with Gasteiger partial charge >= 0.3 is 6.03 Å². The lowest BCUT2D eigenvalue weighted by Gasteiger charge is -2.20. The van der Waals surface area contributed by atoms with Crippen molar-refractivity contribution in [2.24, 2.45) is 9.98 Å². The van der Waals surface area contributed by atoms with Crippen LogP contribution < -0.4 is 10.0 Å². The molecule has 0 aliphatic rings. The lowest BCUT2D eigenvalue weighted by Crippen LogP contribution is -2.38. The number of carbonyl (C=O) groups is 1. The number of benzene rings is 1. The van der Waals surface area contributed by atoms with Gasteiger partial charge in [0.25, 0.3) is 10.0 Å². The van der Waals surface area contributed by atoms with Crippen LogP contribution in [-0.4, -0.2) is 26.2 Å². The maximum atomic E-state index is 12.3. The van der Waals surface area contributed by atoms with Gasteiger partial charge in [0, 0.05) is 18.1 Å². The van der Waals surface area contributed by atoms with Gasteiger partial charge in [-0.05, 0) is 36.6 Å². The molecule has 0 radical (unpaired) electrons. The van der Waals surface area contributed by atoms with Crippen molar-refractivity contribution in [1.29, 1.82) is 0 Å². The summed E-state index contributed by atoms with van der Waals surface area (Å²) in [6, 6.07) is 4.93. The Hall–Kier alpha value is -2.48. The number of carbonyl (C=O) groups excluding carboxylic acids is 1. The Balaban J connectivity index is 3.10. The molecule has 0 fully saturated rings. The van der Waals surface area contributed by atoms with E-state index in [2.05, 4.69) is 22.0 Å². The fourth-order valence-electron chi connectivity index (χ4n) is 2.29. The van der Waals surface area contributed by atoms with E-state index in [-0.39, 0.29) is 16.9 Å². The normalized spacial score (nSPS) is 12.7. The predicted octanol–water partition coefficient (Wildman–Crippen LogP) is 3.97. The largest absolute Gasteiger partial charge is 0.333 e. The molecule has 0 aromatic heterocycles. The van der Waals surface area contributed by atoms with E-state index in [4.69, 9.17) is 0 Å². The first-order valence-corrected chi connectivity index (χ1v) is 9.70. The molecule has 1 aromatic carbocycles. The van der Waals surface area contributed by atoms with E-state index in [0.717, 1.165) is 11.1 Å². The van der Waals surface area contributed by atoms with Gasteiger partial charge < -0.3 is 5.32 Å². The molecular formula is C18H26N4O3S. The molecule has 142 valence electrons. The lowest BCUT2D eigenvalue weighted by atomic mass is 9.93. The number of sulfonamides is 1. The second-order valence-corrected chi connectivity index (χ2v) is 8.11. The molecule has 0 saturated carbocycles. The molecule has 2 N–H and O–H groups in total. The molecule has 2 amide bonds. The minimum atomic E-state index is -4.05. The second kappa shape index (κ2) is 9.28. The molecule has 1 rings (SSSR count). The average Bonchev–Trinajstić information content (AvgIpc) is 2.53. The third-order valence-electron chi connectivity index (χ3n) is 3.66. The third kappa shape index (κ3) is 5.80. The van der Waals surface area contributed by atoms with Crippen LogP contribution in [0, 0.1) is 0 Å². The molecule has 7 nitrogen and oxygen atoms in total. The first kappa shape index (κ1) is 21.6. The highest BCUT2D eigenvalue weighted by atomic mass is 32.2. The van der Waals surface area contributed by atoms with E-state index < -0.39 is 16.1 Å². The van der Waals surface area contributed by atoms with Crippen molar-refractivity contribution in [3.05, 3.63) is 41.7 Å². The van der Waals surface area contributed by atoms with Crippen LogP contribution in [0.4, 0.5) is 10.5 Å². The Morgan fingerprint density at radius 3 is 2.12 bits per heavy atom. The molecule has 1 aromatic rings. The Kier molecular flexibility index (Phi) is 7.70. The molecule has 0 aliphatic carbocycles. The predicted molar refractivity (Wildman–Crippen MR) is 107 cm³/mol. The van der Waals surface area contributed by atoms with E-state index in [1.807, 2.05) is 50.6 Å². The fraction of sp³-hybridized carbons (Fsp3) is 0.389. The van der Waals surface area contributed by atoms with Crippen molar-refractivity contribution >= 4 is 33.5 Å². The average molecular weight is 378 g/mol. The molecule has 0 spiro atoms. The highest BCUT2D eigenvalue weighted by Crippen LogP contribution is 2.32. The number of urea groups is 1. The molecule has 26 heavy (non-hydrogen) atoms. The van der Waals surface area contributed by atoms with Crippen LogP contribution in [0.3, 0.4) is 0 Å². The lowest BCUT2D eigenvalue weighted by molar-refractivity contribution is 0.256. The van der Waals surface area contributed by atoms with Gasteiger partial charge in [-0.1, -0.05) is 45.9 Å². The summed E-state index contributed by atoms with van der Waals surface area (Å²) in [6.45, 7) is 12.5. The zero-order valence-electron chi connectivity index (χ0n) is 15.8. The molecule has 0 aliphatic heterocycles. The Bertz CT molecular complexity index is 799. The van der Waals surface area contributed by atoms with Crippen molar-refractivity contribution < 1.29 is 13.2 Å². The molecular weight excluding hydrogens is 352 g/mol. The summed E-state index contributed by atoms with van der Waals surface area (Å²) >= 11 is 0. The van der Waals surface area contributed by atoms with Crippen LogP contribution in [-0.2, 0) is 10.0 Å². The van der Waals surface area contributed by atoms with Gasteiger partial charge in [-0.2, -0.15) is 8.42 Å². The summed E-state index contributed by atoms with van der Waals surface area (Å²) in [5, 5.41) is 2.43. The maximum absolute atomic E-state index is 12.3. The summed E-state index contributed by atoms with van der Waals surface area (Å²) in [5.74, 6) is 0.334. The number of para-hydroxylation sites is 1. The molecule has 8 heteroatoms. The van der Waals surface area contributed by atoms with Crippen LogP contribution >= 0.6 is 0 Å². The Labute approximate surface area is 155 Å². The molecule has 0 saturated heterocycles. The highest BCUT2D eigenvalue weighted by molar-refractivity contribution is 8.05. The van der Waals surface area contributed by atoms with E-state index in [9.17, 15) is 13.2 Å². The Morgan fingerprint density at radius 1 is 1.12 bits per heavy atom. The number of amides is 2. The summed E-state index contributed by atoms with van der Waals surface area (Å²) in [4.78, 5) is 19.4. The first-order chi connectivity index (χ1) is 12.1. The number of anilines is 1. The molecule has 0 bridgehead atoms. The zero-order valence-corrected chi connectivity index (χ0v) is 16.6. The molecule has 0 heterocycles. The van der Waals surface area contributed by atoms with Gasteiger partial charge in [0.15, 0.2) is 0 Å². The summed E-state index contributed by atoms with van der Waals surface area (Å²) in [6.07, 6.45) is 2.43. The maximum Gasteiger partial charge on any atom is 0.333 e. The summed E-state index contributed by atoms with van der Waals surface area (Å²) in [5.41, 5.74) is 2.51. The number of rotatable bonds is 5. The minimum Gasteiger partial charge on any atom is -0.307 e. The molecule has 0 unspecified atom stereocenters. The van der Waals surface area contributed by atoms with E-state index in [0.29, 0.717) is 5.69 Å². The van der Waals surface area contributed by atoms with Crippen molar-refractivity contribution in [2.45, 2.75) is 46.5 Å². The highest BCUT2D eigenvalue weighted by Gasteiger charge is 2.21. The first-order valence-electron chi connectivity index (χ1n) is 8.22. The van der Waals surface area contributed by atoms with Gasteiger partial charge in [-0.25, -0.2) is 14.5 Å². The van der Waals surface area contributed by atoms with E-state index in [1.165, 1.54) is 19.3 Å². The van der Waals surface area contributed by atoms with E-state index >= 15 is 0 Å². The fourth-order valence-corrected chi connectivity index (χ4v) is 2.93. The number of hydrogen-bond donors (Lipinski definition) is 2. The number of aliphatic imine (C=N–C) groups is 2. The van der Waals surface area contributed by atoms with Gasteiger partial charge in [0.2, 0.25) is 0 Å². The zero-order chi connectivity index (χ0) is 19.9. The van der Waals surface area contributed by atoms with Crippen LogP contribution in [0.2, 0.25) is 0 Å². The van der Waals surface area contributed by atoms with Gasteiger partial charge in [-0.3, -0.25) is 4.99 Å². The quantitative estimate of drug-likeness (QED) is 0.599. The summed E-state index contributed by atoms with van der Waals surface area (Å²) < 4.78 is 26.3. The van der Waals surface area contributed by atoms with Crippen LogP contribution in [0.1, 0.15) is 57.6 Å². The van der Waals surface area contributed by atoms with Crippen molar-refractivity contribution in [3.63, 3.8) is 0 Å². The Morgan fingerprint density at radius 2 is 1.65 bits per heavy atom. The number of nitrogens with one attached hydrogen (secondary N) is 2. The topological polar surface area (TPSA) is 100.0 Å². The second-order valence-electron chi connectivity index (χ2n) is 6.31. The van der Waals surface area contributed by atoms with Gasteiger partial charge in [-0.15, -0.1) is 0 Å². The summed E-state index contributed by atoms with van der Waals surface area (Å²) in [7, 11) is -4.05. The number of nitrogens with zero attached hydrogens (tertiary/aromatic N) is 2. The number of hydrogen-bond acceptors (Lipinski definition) is 5. The third-order valence-corrected chi connectivity index (χ3v) is 4.99. The van der Waals surface area contributed by atoms with Crippen LogP contribution in [0.15, 0.2) is 40.6 Å². The van der Waals surface area contributed by atoms with Crippen molar-refractivity contribution in [2.75, 3.05) is 5.32 Å². The SMILES string of the molecule is C=N/C=C\N=C(/C)S(=O)(=O)NC(=O)Nc1c(C(C)C)cccc1C(C)C. The standard InChI is InChI=1S/C18H26N4O3S/c1-12(2)15-8-7-9-16(13(3)4)17(15)21-18(23)22-26(24,25)14(5)20-11-10-19-6/h7-13H,6H2,1-5H3,(H2,21,22,23)/b11-10-,20-14+. The molecule has 0 atom stereocenters. The van der Waals surface area contributed by atoms with Crippen LogP contribution in [0.5, 0.6) is 0 Å². The van der Waals surface area contributed by atoms with Crippen molar-refractivity contribution in [3.8, 4) is 0 Å². The van der Waals surface area contributed by atoms with Crippen LogP contribution in [0.25, 0.3) is 0 Å². The smallest absolute Gasteiger partial charge is 0.307 e. The van der Waals surface area contributed by atoms with Gasteiger partial charge in [0.05, 0.1) is 0 Å². The monoisotopic (exact) mass is 378 g/mol. The minimum absolute atomic E-state index is 0.167. The van der Waals surface area contributed by atoms with Crippen molar-refractivity contribution in [1.82, 2.24) is 4.72 Å². The van der Waals surface area contributed by atoms with E-state index in [1.54, 1.807) is 0 Å².